The van der Waals surface area contributed by atoms with Crippen molar-refractivity contribution in [3.05, 3.63) is 22.4 Å². The summed E-state index contributed by atoms with van der Waals surface area (Å²) in [6.07, 6.45) is 2.86. The average molecular weight is 266 g/mol. The molecule has 0 aliphatic carbocycles. The Kier molecular flexibility index (Phi) is 4.78. The molecule has 3 atom stereocenters. The van der Waals surface area contributed by atoms with Crippen molar-refractivity contribution < 1.29 is 4.79 Å². The summed E-state index contributed by atoms with van der Waals surface area (Å²) in [6.45, 7) is 5.22. The van der Waals surface area contributed by atoms with Crippen molar-refractivity contribution in [2.75, 3.05) is 6.54 Å². The van der Waals surface area contributed by atoms with Crippen molar-refractivity contribution in [1.82, 2.24) is 10.6 Å². The Morgan fingerprint density at radius 3 is 3.11 bits per heavy atom. The molecule has 4 heteroatoms. The van der Waals surface area contributed by atoms with E-state index in [1.165, 1.54) is 4.88 Å². The van der Waals surface area contributed by atoms with Crippen molar-refractivity contribution in [2.45, 2.75) is 45.2 Å². The lowest BCUT2D eigenvalue weighted by Gasteiger charge is -2.28. The van der Waals surface area contributed by atoms with E-state index < -0.39 is 0 Å². The molecular weight excluding hydrogens is 244 g/mol. The van der Waals surface area contributed by atoms with Crippen molar-refractivity contribution in [1.29, 1.82) is 0 Å². The van der Waals surface area contributed by atoms with Gasteiger partial charge in [-0.25, -0.2) is 0 Å². The fourth-order valence-electron chi connectivity index (χ4n) is 2.52. The van der Waals surface area contributed by atoms with E-state index >= 15 is 0 Å². The molecule has 1 amide bonds. The summed E-state index contributed by atoms with van der Waals surface area (Å²) in [5.41, 5.74) is 0. The second kappa shape index (κ2) is 6.34. The molecule has 1 fully saturated rings. The van der Waals surface area contributed by atoms with Gasteiger partial charge in [0, 0.05) is 16.8 Å². The van der Waals surface area contributed by atoms with Gasteiger partial charge in [-0.1, -0.05) is 13.0 Å². The Balaban J connectivity index is 1.93. The van der Waals surface area contributed by atoms with E-state index in [-0.39, 0.29) is 17.9 Å². The SMILES string of the molecule is CCC(NC(=O)[C@H]1CCN[C@@H](C)C1)c1cccs1. The molecule has 1 saturated heterocycles. The van der Waals surface area contributed by atoms with Gasteiger partial charge in [0.15, 0.2) is 0 Å². The largest absolute Gasteiger partial charge is 0.348 e. The smallest absolute Gasteiger partial charge is 0.223 e. The summed E-state index contributed by atoms with van der Waals surface area (Å²) in [5, 5.41) is 8.65. The third kappa shape index (κ3) is 3.33. The maximum absolute atomic E-state index is 12.3. The Morgan fingerprint density at radius 2 is 2.50 bits per heavy atom. The Morgan fingerprint density at radius 1 is 1.67 bits per heavy atom. The number of hydrogen-bond acceptors (Lipinski definition) is 3. The highest BCUT2D eigenvalue weighted by Crippen LogP contribution is 2.23. The lowest BCUT2D eigenvalue weighted by atomic mass is 9.92. The molecule has 1 aromatic heterocycles. The summed E-state index contributed by atoms with van der Waals surface area (Å²) in [7, 11) is 0. The lowest BCUT2D eigenvalue weighted by Crippen LogP contribution is -2.43. The highest BCUT2D eigenvalue weighted by atomic mass is 32.1. The number of carbonyl (C=O) groups excluding carboxylic acids is 1. The predicted molar refractivity (Wildman–Crippen MR) is 75.7 cm³/mol. The number of thiophene rings is 1. The minimum atomic E-state index is 0.176. The molecule has 0 saturated carbocycles. The normalized spacial score (nSPS) is 25.7. The van der Waals surface area contributed by atoms with E-state index in [1.54, 1.807) is 11.3 Å². The van der Waals surface area contributed by atoms with E-state index in [1.807, 2.05) is 6.07 Å². The minimum absolute atomic E-state index is 0.176. The third-order valence-corrected chi connectivity index (χ3v) is 4.59. The van der Waals surface area contributed by atoms with Gasteiger partial charge in [0.2, 0.25) is 5.91 Å². The molecule has 3 nitrogen and oxygen atoms in total. The Labute approximate surface area is 113 Å². The maximum atomic E-state index is 12.3. The van der Waals surface area contributed by atoms with Gasteiger partial charge in [-0.05, 0) is 44.2 Å². The van der Waals surface area contributed by atoms with Gasteiger partial charge in [0.1, 0.15) is 0 Å². The van der Waals surface area contributed by atoms with Crippen LogP contribution < -0.4 is 10.6 Å². The summed E-state index contributed by atoms with van der Waals surface area (Å²) in [5.74, 6) is 0.402. The standard InChI is InChI=1S/C14H22N2OS/c1-3-12(13-5-4-8-18-13)16-14(17)11-6-7-15-10(2)9-11/h4-5,8,10-12,15H,3,6-7,9H2,1-2H3,(H,16,17)/t10-,11-,12?/m0/s1. The molecule has 18 heavy (non-hydrogen) atoms. The monoisotopic (exact) mass is 266 g/mol. The van der Waals surface area contributed by atoms with E-state index in [2.05, 4.69) is 35.9 Å². The molecule has 0 spiro atoms. The molecule has 100 valence electrons. The zero-order chi connectivity index (χ0) is 13.0. The first-order chi connectivity index (χ1) is 8.70. The van der Waals surface area contributed by atoms with Crippen LogP contribution in [-0.2, 0) is 4.79 Å². The summed E-state index contributed by atoms with van der Waals surface area (Å²) in [6, 6.07) is 4.78. The molecule has 1 aliphatic rings. The number of amides is 1. The number of rotatable bonds is 4. The van der Waals surface area contributed by atoms with Crippen LogP contribution in [0.2, 0.25) is 0 Å². The number of hydrogen-bond donors (Lipinski definition) is 2. The summed E-state index contributed by atoms with van der Waals surface area (Å²) >= 11 is 1.72. The molecule has 1 aromatic rings. The molecule has 2 N–H and O–H groups in total. The summed E-state index contributed by atoms with van der Waals surface area (Å²) < 4.78 is 0. The van der Waals surface area contributed by atoms with Gasteiger partial charge in [-0.2, -0.15) is 0 Å². The van der Waals surface area contributed by atoms with Crippen molar-refractivity contribution in [2.24, 2.45) is 5.92 Å². The Bertz CT molecular complexity index is 377. The molecule has 0 radical (unpaired) electrons. The number of piperidine rings is 1. The Hall–Kier alpha value is -0.870. The van der Waals surface area contributed by atoms with Gasteiger partial charge in [0.05, 0.1) is 6.04 Å². The van der Waals surface area contributed by atoms with Gasteiger partial charge < -0.3 is 10.6 Å². The second-order valence-electron chi connectivity index (χ2n) is 5.06. The zero-order valence-corrected chi connectivity index (χ0v) is 11.9. The van der Waals surface area contributed by atoms with E-state index in [4.69, 9.17) is 0 Å². The van der Waals surface area contributed by atoms with Crippen LogP contribution in [0, 0.1) is 5.92 Å². The predicted octanol–water partition coefficient (Wildman–Crippen LogP) is 2.70. The highest BCUT2D eigenvalue weighted by molar-refractivity contribution is 7.10. The zero-order valence-electron chi connectivity index (χ0n) is 11.1. The van der Waals surface area contributed by atoms with Crippen LogP contribution in [-0.4, -0.2) is 18.5 Å². The number of carbonyl (C=O) groups is 1. The molecule has 1 aliphatic heterocycles. The quantitative estimate of drug-likeness (QED) is 0.880. The third-order valence-electron chi connectivity index (χ3n) is 3.61. The maximum Gasteiger partial charge on any atom is 0.223 e. The molecular formula is C14H22N2OS. The molecule has 2 heterocycles. The molecule has 0 bridgehead atoms. The van der Waals surface area contributed by atoms with Gasteiger partial charge in [-0.15, -0.1) is 11.3 Å². The fourth-order valence-corrected chi connectivity index (χ4v) is 3.38. The summed E-state index contributed by atoms with van der Waals surface area (Å²) in [4.78, 5) is 13.5. The molecule has 1 unspecified atom stereocenters. The minimum Gasteiger partial charge on any atom is -0.348 e. The molecule has 0 aromatic carbocycles. The van der Waals surface area contributed by atoms with Crippen molar-refractivity contribution in [3.63, 3.8) is 0 Å². The van der Waals surface area contributed by atoms with Gasteiger partial charge >= 0.3 is 0 Å². The van der Waals surface area contributed by atoms with E-state index in [0.29, 0.717) is 6.04 Å². The first-order valence-electron chi connectivity index (χ1n) is 6.77. The van der Waals surface area contributed by atoms with Gasteiger partial charge in [0.25, 0.3) is 0 Å². The van der Waals surface area contributed by atoms with Crippen LogP contribution >= 0.6 is 11.3 Å². The van der Waals surface area contributed by atoms with Crippen LogP contribution in [0.25, 0.3) is 0 Å². The van der Waals surface area contributed by atoms with Crippen LogP contribution in [0.4, 0.5) is 0 Å². The van der Waals surface area contributed by atoms with Gasteiger partial charge in [-0.3, -0.25) is 4.79 Å². The van der Waals surface area contributed by atoms with Crippen LogP contribution in [0.3, 0.4) is 0 Å². The average Bonchev–Trinajstić information content (AvgIpc) is 2.89. The lowest BCUT2D eigenvalue weighted by molar-refractivity contribution is -0.126. The van der Waals surface area contributed by atoms with E-state index in [9.17, 15) is 4.79 Å². The highest BCUT2D eigenvalue weighted by Gasteiger charge is 2.26. The topological polar surface area (TPSA) is 41.1 Å². The van der Waals surface area contributed by atoms with Crippen molar-refractivity contribution >= 4 is 17.2 Å². The van der Waals surface area contributed by atoms with Crippen LogP contribution in [0.1, 0.15) is 44.0 Å². The van der Waals surface area contributed by atoms with Crippen molar-refractivity contribution in [3.8, 4) is 0 Å². The van der Waals surface area contributed by atoms with E-state index in [0.717, 1.165) is 25.8 Å². The molecule has 2 rings (SSSR count). The first kappa shape index (κ1) is 13.6. The first-order valence-corrected chi connectivity index (χ1v) is 7.65. The fraction of sp³-hybridized carbons (Fsp3) is 0.643. The van der Waals surface area contributed by atoms with Crippen LogP contribution in [0.5, 0.6) is 0 Å². The second-order valence-corrected chi connectivity index (χ2v) is 6.04. The number of nitrogens with one attached hydrogen (secondary N) is 2. The van der Waals surface area contributed by atoms with Crippen LogP contribution in [0.15, 0.2) is 17.5 Å².